The van der Waals surface area contributed by atoms with Crippen molar-refractivity contribution >= 4 is 5.82 Å². The van der Waals surface area contributed by atoms with Crippen LogP contribution in [0.15, 0.2) is 18.3 Å². The van der Waals surface area contributed by atoms with Gasteiger partial charge in [0, 0.05) is 25.2 Å². The molecule has 4 heteroatoms. The topological polar surface area (TPSA) is 19.4 Å². The molecule has 2 atom stereocenters. The number of hydrogen-bond acceptors (Lipinski definition) is 3. The number of rotatable bonds is 1. The van der Waals surface area contributed by atoms with E-state index in [2.05, 4.69) is 21.8 Å². The van der Waals surface area contributed by atoms with Crippen molar-refractivity contribution in [3.8, 4) is 0 Å². The SMILES string of the molecule is CN1CC2CC1CN2c1ccc(F)cn1. The number of likely N-dealkylation sites (tertiary alicyclic amines) is 1. The van der Waals surface area contributed by atoms with E-state index in [4.69, 9.17) is 0 Å². The minimum absolute atomic E-state index is 0.264. The molecule has 1 aromatic rings. The molecule has 0 aliphatic carbocycles. The first kappa shape index (κ1) is 9.09. The third kappa shape index (κ3) is 1.40. The van der Waals surface area contributed by atoms with Crippen molar-refractivity contribution in [2.75, 3.05) is 25.0 Å². The van der Waals surface area contributed by atoms with Gasteiger partial charge in [-0.15, -0.1) is 0 Å². The summed E-state index contributed by atoms with van der Waals surface area (Å²) in [5.41, 5.74) is 0. The zero-order chi connectivity index (χ0) is 10.4. The molecule has 15 heavy (non-hydrogen) atoms. The van der Waals surface area contributed by atoms with Gasteiger partial charge >= 0.3 is 0 Å². The highest BCUT2D eigenvalue weighted by molar-refractivity contribution is 5.43. The van der Waals surface area contributed by atoms with Crippen LogP contribution in [-0.2, 0) is 0 Å². The van der Waals surface area contributed by atoms with Crippen molar-refractivity contribution in [3.05, 3.63) is 24.1 Å². The third-order valence-corrected chi connectivity index (χ3v) is 3.52. The highest BCUT2D eigenvalue weighted by atomic mass is 19.1. The van der Waals surface area contributed by atoms with Crippen molar-refractivity contribution < 1.29 is 4.39 Å². The summed E-state index contributed by atoms with van der Waals surface area (Å²) in [4.78, 5) is 8.83. The number of hydrogen-bond donors (Lipinski definition) is 0. The van der Waals surface area contributed by atoms with E-state index >= 15 is 0 Å². The Morgan fingerprint density at radius 3 is 2.73 bits per heavy atom. The van der Waals surface area contributed by atoms with Gasteiger partial charge in [0.1, 0.15) is 11.6 Å². The first-order chi connectivity index (χ1) is 7.24. The second-order valence-electron chi connectivity index (χ2n) is 4.47. The average molecular weight is 207 g/mol. The third-order valence-electron chi connectivity index (χ3n) is 3.52. The molecule has 0 spiro atoms. The number of piperazine rings is 1. The van der Waals surface area contributed by atoms with Crippen molar-refractivity contribution in [1.82, 2.24) is 9.88 Å². The summed E-state index contributed by atoms with van der Waals surface area (Å²) >= 11 is 0. The highest BCUT2D eigenvalue weighted by Crippen LogP contribution is 2.32. The zero-order valence-electron chi connectivity index (χ0n) is 8.73. The molecule has 3 heterocycles. The van der Waals surface area contributed by atoms with Crippen LogP contribution in [0, 0.1) is 5.82 Å². The Hall–Kier alpha value is -1.16. The molecule has 0 amide bonds. The van der Waals surface area contributed by atoms with Gasteiger partial charge in [-0.2, -0.15) is 0 Å². The van der Waals surface area contributed by atoms with Crippen LogP contribution in [0.4, 0.5) is 10.2 Å². The molecule has 80 valence electrons. The molecular formula is C11H14FN3. The first-order valence-electron chi connectivity index (χ1n) is 5.32. The lowest BCUT2D eigenvalue weighted by atomic mass is 10.2. The van der Waals surface area contributed by atoms with E-state index in [9.17, 15) is 4.39 Å². The molecule has 3 nitrogen and oxygen atoms in total. The van der Waals surface area contributed by atoms with Gasteiger partial charge in [-0.25, -0.2) is 9.37 Å². The van der Waals surface area contributed by atoms with E-state index in [0.29, 0.717) is 12.1 Å². The lowest BCUT2D eigenvalue weighted by molar-refractivity contribution is 0.292. The molecule has 2 aliphatic heterocycles. The Balaban J connectivity index is 1.83. The fourth-order valence-electron chi connectivity index (χ4n) is 2.68. The molecule has 2 saturated heterocycles. The second kappa shape index (κ2) is 3.17. The highest BCUT2D eigenvalue weighted by Gasteiger charge is 2.41. The molecule has 0 radical (unpaired) electrons. The molecule has 0 N–H and O–H groups in total. The van der Waals surface area contributed by atoms with Gasteiger partial charge in [-0.05, 0) is 25.6 Å². The maximum absolute atomic E-state index is 12.7. The first-order valence-corrected chi connectivity index (χ1v) is 5.32. The number of aromatic nitrogens is 1. The Kier molecular flexibility index (Phi) is 1.92. The molecule has 0 aromatic carbocycles. The predicted octanol–water partition coefficient (Wildman–Crippen LogP) is 1.11. The molecule has 1 aromatic heterocycles. The minimum atomic E-state index is -0.264. The van der Waals surface area contributed by atoms with Crippen LogP contribution < -0.4 is 4.90 Å². The number of anilines is 1. The van der Waals surface area contributed by atoms with Crippen LogP contribution in [0.3, 0.4) is 0 Å². The number of nitrogens with zero attached hydrogens (tertiary/aromatic N) is 3. The lowest BCUT2D eigenvalue weighted by Crippen LogP contribution is -2.44. The fourth-order valence-corrected chi connectivity index (χ4v) is 2.68. The molecular weight excluding hydrogens is 193 g/mol. The maximum Gasteiger partial charge on any atom is 0.141 e. The normalized spacial score (nSPS) is 30.1. The van der Waals surface area contributed by atoms with Crippen LogP contribution >= 0.6 is 0 Å². The van der Waals surface area contributed by atoms with E-state index in [-0.39, 0.29) is 5.82 Å². The van der Waals surface area contributed by atoms with Crippen LogP contribution in [0.25, 0.3) is 0 Å². The van der Waals surface area contributed by atoms with Crippen molar-refractivity contribution in [2.24, 2.45) is 0 Å². The van der Waals surface area contributed by atoms with Crippen molar-refractivity contribution in [1.29, 1.82) is 0 Å². The van der Waals surface area contributed by atoms with Crippen LogP contribution in [-0.4, -0.2) is 42.1 Å². The smallest absolute Gasteiger partial charge is 0.141 e. The molecule has 2 fully saturated rings. The zero-order valence-corrected chi connectivity index (χ0v) is 8.73. The van der Waals surface area contributed by atoms with Gasteiger partial charge in [-0.1, -0.05) is 0 Å². The summed E-state index contributed by atoms with van der Waals surface area (Å²) in [6.45, 7) is 2.13. The molecule has 3 rings (SSSR count). The van der Waals surface area contributed by atoms with Gasteiger partial charge in [0.2, 0.25) is 0 Å². The summed E-state index contributed by atoms with van der Waals surface area (Å²) in [7, 11) is 2.17. The summed E-state index contributed by atoms with van der Waals surface area (Å²) in [5, 5.41) is 0. The van der Waals surface area contributed by atoms with Crippen molar-refractivity contribution in [3.63, 3.8) is 0 Å². The van der Waals surface area contributed by atoms with Gasteiger partial charge in [0.05, 0.1) is 6.20 Å². The second-order valence-corrected chi connectivity index (χ2v) is 4.47. The quantitative estimate of drug-likeness (QED) is 0.687. The molecule has 2 aliphatic rings. The average Bonchev–Trinajstić information content (AvgIpc) is 2.77. The predicted molar refractivity (Wildman–Crippen MR) is 56.4 cm³/mol. The largest absolute Gasteiger partial charge is 0.351 e. The van der Waals surface area contributed by atoms with Gasteiger partial charge in [0.25, 0.3) is 0 Å². The monoisotopic (exact) mass is 207 g/mol. The van der Waals surface area contributed by atoms with E-state index in [1.807, 2.05) is 0 Å². The van der Waals surface area contributed by atoms with Gasteiger partial charge in [0.15, 0.2) is 0 Å². The Labute approximate surface area is 88.5 Å². The van der Waals surface area contributed by atoms with E-state index in [1.54, 1.807) is 6.07 Å². The van der Waals surface area contributed by atoms with Gasteiger partial charge in [-0.3, -0.25) is 4.90 Å². The minimum Gasteiger partial charge on any atom is -0.351 e. The number of fused-ring (bicyclic) bond motifs is 2. The van der Waals surface area contributed by atoms with Gasteiger partial charge < -0.3 is 4.90 Å². The van der Waals surface area contributed by atoms with Crippen LogP contribution in [0.1, 0.15) is 6.42 Å². The summed E-state index contributed by atoms with van der Waals surface area (Å²) < 4.78 is 12.7. The number of likely N-dealkylation sites (N-methyl/N-ethyl adjacent to an activating group) is 1. The van der Waals surface area contributed by atoms with E-state index < -0.39 is 0 Å². The van der Waals surface area contributed by atoms with Crippen molar-refractivity contribution in [2.45, 2.75) is 18.5 Å². The Morgan fingerprint density at radius 2 is 2.20 bits per heavy atom. The Bertz CT molecular complexity index is 363. The standard InChI is InChI=1S/C11H14FN3/c1-14-6-10-4-9(14)7-15(10)11-3-2-8(12)5-13-11/h2-3,5,9-10H,4,6-7H2,1H3. The van der Waals surface area contributed by atoms with E-state index in [1.165, 1.54) is 18.7 Å². The summed E-state index contributed by atoms with van der Waals surface area (Å²) in [5.74, 6) is 0.650. The summed E-state index contributed by atoms with van der Waals surface area (Å²) in [6, 6.07) is 4.48. The number of halogens is 1. The molecule has 0 saturated carbocycles. The molecule has 2 bridgehead atoms. The molecule has 2 unspecified atom stereocenters. The van der Waals surface area contributed by atoms with E-state index in [0.717, 1.165) is 18.9 Å². The van der Waals surface area contributed by atoms with Crippen LogP contribution in [0.2, 0.25) is 0 Å². The fraction of sp³-hybridized carbons (Fsp3) is 0.545. The Morgan fingerprint density at radius 1 is 1.33 bits per heavy atom. The number of pyridine rings is 1. The lowest BCUT2D eigenvalue weighted by Gasteiger charge is -2.32. The van der Waals surface area contributed by atoms with Crippen LogP contribution in [0.5, 0.6) is 0 Å². The maximum atomic E-state index is 12.7. The summed E-state index contributed by atoms with van der Waals surface area (Å²) in [6.07, 6.45) is 2.51.